The maximum Gasteiger partial charge on any atom is 0.271 e. The molecule has 1 atom stereocenters. The SMILES string of the molecule is BC1(B)OC(B)(O)C(O)(O)N(Cc2ccnc(Br)c2)C1(B)B. The Morgan fingerprint density at radius 3 is 2.32 bits per heavy atom. The predicted octanol–water partition coefficient (Wildman–Crippen LogP) is -5.57. The van der Waals surface area contributed by atoms with Crippen molar-refractivity contribution in [3.8, 4) is 0 Å². The smallest absolute Gasteiger partial charge is 0.271 e. The van der Waals surface area contributed by atoms with Crippen molar-refractivity contribution < 1.29 is 20.1 Å². The number of hydrogen-bond acceptors (Lipinski definition) is 6. The van der Waals surface area contributed by atoms with Gasteiger partial charge in [0.05, 0.1) is 0 Å². The maximum atomic E-state index is 10.5. The van der Waals surface area contributed by atoms with E-state index in [4.69, 9.17) is 4.74 Å². The van der Waals surface area contributed by atoms with E-state index >= 15 is 0 Å². The molecule has 0 radical (unpaired) electrons. The predicted molar refractivity (Wildman–Crippen MR) is 98.9 cm³/mol. The standard InChI is InChI=1S/C10H18B5BrN2O4/c11-7(12)8(13,14)22-9(15,19)10(20,21)18(7)4-5-1-2-17-6(16)3-5/h1-3,19-21H,4,11-15H2. The van der Waals surface area contributed by atoms with E-state index in [1.54, 1.807) is 18.3 Å². The van der Waals surface area contributed by atoms with Crippen molar-refractivity contribution in [1.82, 2.24) is 9.88 Å². The van der Waals surface area contributed by atoms with Gasteiger partial charge in [-0.15, -0.1) is 0 Å². The second-order valence-corrected chi connectivity index (χ2v) is 7.68. The molecule has 1 fully saturated rings. The molecule has 1 aliphatic rings. The second-order valence-electron chi connectivity index (χ2n) is 6.86. The van der Waals surface area contributed by atoms with Gasteiger partial charge in [0.2, 0.25) is 0 Å². The van der Waals surface area contributed by atoms with Crippen LogP contribution in [-0.4, -0.2) is 86.8 Å². The van der Waals surface area contributed by atoms with Gasteiger partial charge in [0.1, 0.15) is 36.0 Å². The first-order chi connectivity index (χ1) is 9.81. The van der Waals surface area contributed by atoms with Crippen LogP contribution < -0.4 is 0 Å². The van der Waals surface area contributed by atoms with Gasteiger partial charge in [-0.3, -0.25) is 4.90 Å². The molecular weight excluding hydrogens is 346 g/mol. The average Bonchev–Trinajstić information content (AvgIpc) is 2.32. The number of aliphatic hydroxyl groups is 3. The van der Waals surface area contributed by atoms with Crippen LogP contribution in [0.25, 0.3) is 0 Å². The van der Waals surface area contributed by atoms with E-state index in [1.165, 1.54) is 12.7 Å². The summed E-state index contributed by atoms with van der Waals surface area (Å²) in [6.07, 6.45) is 1.63. The third-order valence-corrected chi connectivity index (χ3v) is 5.17. The highest BCUT2D eigenvalue weighted by Crippen LogP contribution is 2.41. The Balaban J connectivity index is 2.48. The molecule has 3 N–H and O–H groups in total. The molecule has 22 heavy (non-hydrogen) atoms. The molecule has 2 rings (SSSR count). The Labute approximate surface area is 142 Å². The highest BCUT2D eigenvalue weighted by molar-refractivity contribution is 9.10. The minimum absolute atomic E-state index is 0.212. The molecule has 1 unspecified atom stereocenters. The lowest BCUT2D eigenvalue weighted by Gasteiger charge is -2.63. The summed E-state index contributed by atoms with van der Waals surface area (Å²) in [5.41, 5.74) is -1.30. The van der Waals surface area contributed by atoms with Crippen LogP contribution in [0.4, 0.5) is 0 Å². The molecule has 1 aromatic rings. The number of aromatic nitrogens is 1. The average molecular weight is 364 g/mol. The van der Waals surface area contributed by atoms with Crippen molar-refractivity contribution in [1.29, 1.82) is 0 Å². The Morgan fingerprint density at radius 1 is 1.18 bits per heavy atom. The molecule has 1 aromatic heterocycles. The Morgan fingerprint density at radius 2 is 1.77 bits per heavy atom. The van der Waals surface area contributed by atoms with Crippen LogP contribution in [0, 0.1) is 0 Å². The van der Waals surface area contributed by atoms with Crippen molar-refractivity contribution >= 4 is 55.2 Å². The maximum absolute atomic E-state index is 10.5. The molecule has 12 heteroatoms. The number of pyridine rings is 1. The van der Waals surface area contributed by atoms with Gasteiger partial charge < -0.3 is 20.1 Å². The summed E-state index contributed by atoms with van der Waals surface area (Å²) >= 11 is 3.30. The largest absolute Gasteiger partial charge is 0.368 e. The Hall–Kier alpha value is -0.245. The number of morpholine rings is 1. The molecule has 0 amide bonds. The van der Waals surface area contributed by atoms with E-state index in [9.17, 15) is 15.3 Å². The van der Waals surface area contributed by atoms with Crippen molar-refractivity contribution in [2.75, 3.05) is 0 Å². The fraction of sp³-hybridized carbons (Fsp3) is 0.500. The van der Waals surface area contributed by atoms with Crippen molar-refractivity contribution in [2.24, 2.45) is 0 Å². The van der Waals surface area contributed by atoms with E-state index in [1.807, 2.05) is 31.4 Å². The first-order valence-corrected chi connectivity index (χ1v) is 7.86. The first-order valence-electron chi connectivity index (χ1n) is 7.07. The summed E-state index contributed by atoms with van der Waals surface area (Å²) in [6, 6.07) is 3.58. The highest BCUT2D eigenvalue weighted by atomic mass is 79.9. The molecule has 0 aliphatic carbocycles. The zero-order chi connectivity index (χ0) is 17.0. The number of halogens is 1. The van der Waals surface area contributed by atoms with Crippen LogP contribution in [0.1, 0.15) is 5.56 Å². The van der Waals surface area contributed by atoms with Crippen LogP contribution in [0.15, 0.2) is 22.9 Å². The number of rotatable bonds is 2. The molecular formula is C10H18B5BrN2O4. The van der Waals surface area contributed by atoms with Crippen molar-refractivity contribution in [3.63, 3.8) is 0 Å². The van der Waals surface area contributed by atoms with Gasteiger partial charge in [-0.05, 0) is 39.0 Å². The fourth-order valence-electron chi connectivity index (χ4n) is 2.69. The normalized spacial score (nSPS) is 30.0. The van der Waals surface area contributed by atoms with E-state index in [2.05, 4.69) is 20.9 Å². The molecule has 6 nitrogen and oxygen atoms in total. The summed E-state index contributed by atoms with van der Waals surface area (Å²) < 4.78 is 6.23. The zero-order valence-electron chi connectivity index (χ0n) is 13.5. The number of hydrogen-bond donors (Lipinski definition) is 3. The van der Waals surface area contributed by atoms with Gasteiger partial charge in [-0.1, -0.05) is 0 Å². The Kier molecular flexibility index (Phi) is 4.44. The van der Waals surface area contributed by atoms with E-state index in [0.717, 1.165) is 5.56 Å². The lowest BCUT2D eigenvalue weighted by atomic mass is 9.38. The number of nitrogens with zero attached hydrogens (tertiary/aromatic N) is 2. The monoisotopic (exact) mass is 364 g/mol. The first kappa shape index (κ1) is 18.1. The fourth-order valence-corrected chi connectivity index (χ4v) is 3.10. The molecule has 0 bridgehead atoms. The summed E-state index contributed by atoms with van der Waals surface area (Å²) in [5.74, 6) is -2.54. The summed E-state index contributed by atoms with van der Waals surface area (Å²) in [7, 11) is 8.57. The lowest BCUT2D eigenvalue weighted by molar-refractivity contribution is -0.434. The van der Waals surface area contributed by atoms with Gasteiger partial charge in [-0.2, -0.15) is 0 Å². The molecule has 0 aromatic carbocycles. The molecule has 0 saturated carbocycles. The van der Waals surface area contributed by atoms with Crippen LogP contribution in [0.3, 0.4) is 0 Å². The quantitative estimate of drug-likeness (QED) is 0.276. The van der Waals surface area contributed by atoms with Gasteiger partial charge in [0, 0.05) is 18.1 Å². The topological polar surface area (TPSA) is 86.0 Å². The zero-order valence-corrected chi connectivity index (χ0v) is 15.0. The lowest BCUT2D eigenvalue weighted by Crippen LogP contribution is -2.84. The number of ether oxygens (including phenoxy) is 1. The van der Waals surface area contributed by atoms with E-state index in [-0.39, 0.29) is 6.54 Å². The van der Waals surface area contributed by atoms with Gasteiger partial charge in [0.25, 0.3) is 5.91 Å². The summed E-state index contributed by atoms with van der Waals surface area (Å²) in [6.45, 7) is 0.212. The van der Waals surface area contributed by atoms with Crippen molar-refractivity contribution in [3.05, 3.63) is 28.5 Å². The van der Waals surface area contributed by atoms with Gasteiger partial charge in [-0.25, -0.2) is 4.98 Å². The van der Waals surface area contributed by atoms with Crippen molar-refractivity contribution in [2.45, 2.75) is 28.9 Å². The molecule has 1 saturated heterocycles. The molecule has 1 aliphatic heterocycles. The van der Waals surface area contributed by atoms with Crippen LogP contribution in [0.5, 0.6) is 0 Å². The van der Waals surface area contributed by atoms with Gasteiger partial charge >= 0.3 is 0 Å². The molecule has 2 heterocycles. The minimum Gasteiger partial charge on any atom is -0.368 e. The third-order valence-electron chi connectivity index (χ3n) is 4.73. The minimum atomic E-state index is -2.54. The Bertz CT molecular complexity index is 560. The molecule has 0 spiro atoms. The van der Waals surface area contributed by atoms with Crippen LogP contribution >= 0.6 is 15.9 Å². The van der Waals surface area contributed by atoms with Crippen LogP contribution in [-0.2, 0) is 11.3 Å². The second kappa shape index (κ2) is 5.39. The highest BCUT2D eigenvalue weighted by Gasteiger charge is 2.64. The third kappa shape index (κ3) is 2.81. The van der Waals surface area contributed by atoms with E-state index in [0.29, 0.717) is 4.60 Å². The summed E-state index contributed by atoms with van der Waals surface area (Å²) in [5, 5.41) is 29.9. The van der Waals surface area contributed by atoms with Crippen LogP contribution in [0.2, 0.25) is 0 Å². The van der Waals surface area contributed by atoms with Gasteiger partial charge in [0.15, 0.2) is 13.5 Å². The molecule has 114 valence electrons. The van der Waals surface area contributed by atoms with E-state index < -0.39 is 22.3 Å². The summed E-state index contributed by atoms with van der Waals surface area (Å²) in [4.78, 5) is 5.50.